The zero-order valence-corrected chi connectivity index (χ0v) is 17.1. The van der Waals surface area contributed by atoms with Gasteiger partial charge in [-0.1, -0.05) is 35.0 Å². The van der Waals surface area contributed by atoms with Crippen molar-refractivity contribution in [1.82, 2.24) is 0 Å². The third-order valence-corrected chi connectivity index (χ3v) is 6.93. The monoisotopic (exact) mass is 410 g/mol. The zero-order valence-electron chi connectivity index (χ0n) is 15.5. The van der Waals surface area contributed by atoms with Gasteiger partial charge >= 0.3 is 0 Å². The number of benzene rings is 2. The molecule has 3 aliphatic rings. The highest BCUT2D eigenvalue weighted by atomic mass is 79.9. The lowest BCUT2D eigenvalue weighted by Gasteiger charge is -2.40. The molecule has 0 N–H and O–H groups in total. The van der Waals surface area contributed by atoms with Crippen molar-refractivity contribution in [3.63, 3.8) is 0 Å². The van der Waals surface area contributed by atoms with Crippen LogP contribution in [-0.4, -0.2) is 37.0 Å². The third kappa shape index (κ3) is 2.46. The highest BCUT2D eigenvalue weighted by molar-refractivity contribution is 9.10. The van der Waals surface area contributed by atoms with Crippen LogP contribution in [0.2, 0.25) is 0 Å². The van der Waals surface area contributed by atoms with E-state index in [0.717, 1.165) is 33.5 Å². The van der Waals surface area contributed by atoms with Crippen LogP contribution in [0.1, 0.15) is 30.9 Å². The Balaban J connectivity index is 1.75. The molecule has 134 valence electrons. The quantitative estimate of drug-likeness (QED) is 0.529. The maximum absolute atomic E-state index is 5.30. The van der Waals surface area contributed by atoms with Crippen molar-refractivity contribution < 1.29 is 4.48 Å². The first-order valence-electron chi connectivity index (χ1n) is 9.68. The highest BCUT2D eigenvalue weighted by Gasteiger charge is 2.40. The normalized spacial score (nSPS) is 26.8. The number of rotatable bonds is 0. The molecule has 2 aromatic rings. The molecule has 0 aromatic heterocycles. The first-order chi connectivity index (χ1) is 12.5. The Morgan fingerprint density at radius 1 is 1.15 bits per heavy atom. The van der Waals surface area contributed by atoms with E-state index in [1.54, 1.807) is 0 Å². The molecule has 0 amide bonds. The maximum atomic E-state index is 5.30. The Hall–Kier alpha value is -1.65. The first-order valence-corrected chi connectivity index (χ1v) is 10.5. The van der Waals surface area contributed by atoms with Gasteiger partial charge in [0.2, 0.25) is 5.84 Å². The number of anilines is 2. The van der Waals surface area contributed by atoms with Crippen molar-refractivity contribution in [2.24, 2.45) is 10.9 Å². The van der Waals surface area contributed by atoms with Crippen LogP contribution in [0.3, 0.4) is 0 Å². The molecular formula is C22H25BrN3+. The summed E-state index contributed by atoms with van der Waals surface area (Å²) in [5, 5.41) is 0. The fourth-order valence-corrected chi connectivity index (χ4v) is 5.11. The van der Waals surface area contributed by atoms with E-state index in [2.05, 4.69) is 71.2 Å². The van der Waals surface area contributed by atoms with Crippen molar-refractivity contribution >= 4 is 38.8 Å². The summed E-state index contributed by atoms with van der Waals surface area (Å²) in [6.07, 6.45) is 3.67. The summed E-state index contributed by atoms with van der Waals surface area (Å²) in [5.41, 5.74) is 6.53. The van der Waals surface area contributed by atoms with Crippen molar-refractivity contribution in [2.75, 3.05) is 31.6 Å². The van der Waals surface area contributed by atoms with Gasteiger partial charge in [-0.2, -0.15) is 4.99 Å². The summed E-state index contributed by atoms with van der Waals surface area (Å²) in [5.74, 6) is 2.07. The van der Waals surface area contributed by atoms with E-state index < -0.39 is 0 Å². The number of hydrogen-bond acceptors (Lipinski definition) is 2. The molecule has 0 spiro atoms. The minimum atomic E-state index is 0.826. The van der Waals surface area contributed by atoms with Gasteiger partial charge in [-0.15, -0.1) is 0 Å². The number of para-hydroxylation sites is 1. The Bertz CT molecular complexity index is 910. The number of likely N-dealkylation sites (tertiary alicyclic amines) is 1. The van der Waals surface area contributed by atoms with E-state index >= 15 is 0 Å². The molecule has 3 heterocycles. The van der Waals surface area contributed by atoms with Gasteiger partial charge in [-0.25, -0.2) is 0 Å². The van der Waals surface area contributed by atoms with Crippen LogP contribution >= 0.6 is 15.9 Å². The molecule has 3 nitrogen and oxygen atoms in total. The van der Waals surface area contributed by atoms with Crippen molar-refractivity contribution in [2.45, 2.75) is 26.2 Å². The van der Waals surface area contributed by atoms with Gasteiger partial charge in [0.1, 0.15) is 0 Å². The molecule has 26 heavy (non-hydrogen) atoms. The van der Waals surface area contributed by atoms with Gasteiger partial charge in [-0.3, -0.25) is 4.48 Å². The number of hydrogen-bond donors (Lipinski definition) is 0. The average Bonchev–Trinajstić information content (AvgIpc) is 3.00. The van der Waals surface area contributed by atoms with Gasteiger partial charge in [0.25, 0.3) is 0 Å². The van der Waals surface area contributed by atoms with Crippen LogP contribution < -0.4 is 4.90 Å². The SMILES string of the molecule is CC1CC[N+](C)(C2=Nc3cc(Br)ccc3N3CCc4cccc2c43)CC1. The Labute approximate surface area is 164 Å². The van der Waals surface area contributed by atoms with Gasteiger partial charge < -0.3 is 4.90 Å². The summed E-state index contributed by atoms with van der Waals surface area (Å²) in [6.45, 7) is 5.78. The largest absolute Gasteiger partial charge is 0.338 e. The highest BCUT2D eigenvalue weighted by Crippen LogP contribution is 2.46. The molecule has 1 saturated heterocycles. The molecule has 2 aromatic carbocycles. The van der Waals surface area contributed by atoms with Crippen molar-refractivity contribution in [1.29, 1.82) is 0 Å². The van der Waals surface area contributed by atoms with E-state index in [4.69, 9.17) is 4.99 Å². The minimum Gasteiger partial charge on any atom is -0.338 e. The number of amidine groups is 1. The second-order valence-corrected chi connectivity index (χ2v) is 9.22. The van der Waals surface area contributed by atoms with E-state index in [0.29, 0.717) is 0 Å². The predicted molar refractivity (Wildman–Crippen MR) is 112 cm³/mol. The summed E-state index contributed by atoms with van der Waals surface area (Å²) >= 11 is 3.65. The van der Waals surface area contributed by atoms with Gasteiger partial charge in [-0.05, 0) is 55.0 Å². The van der Waals surface area contributed by atoms with Crippen molar-refractivity contribution in [3.8, 4) is 0 Å². The lowest BCUT2D eigenvalue weighted by molar-refractivity contribution is -0.827. The topological polar surface area (TPSA) is 15.6 Å². The van der Waals surface area contributed by atoms with Crippen LogP contribution in [-0.2, 0) is 6.42 Å². The van der Waals surface area contributed by atoms with E-state index in [9.17, 15) is 0 Å². The average molecular weight is 411 g/mol. The van der Waals surface area contributed by atoms with Crippen LogP contribution in [0.4, 0.5) is 17.1 Å². The molecule has 1 fully saturated rings. The number of quaternary nitrogens is 1. The molecule has 0 unspecified atom stereocenters. The number of aliphatic imine (C=N–C) groups is 1. The second kappa shape index (κ2) is 5.93. The van der Waals surface area contributed by atoms with Crippen LogP contribution in [0.5, 0.6) is 0 Å². The molecule has 0 atom stereocenters. The fourth-order valence-electron chi connectivity index (χ4n) is 4.76. The Morgan fingerprint density at radius 3 is 2.77 bits per heavy atom. The van der Waals surface area contributed by atoms with Crippen molar-refractivity contribution in [3.05, 3.63) is 52.0 Å². The molecule has 5 rings (SSSR count). The van der Waals surface area contributed by atoms with E-state index in [-0.39, 0.29) is 0 Å². The number of fused-ring (bicyclic) bond motifs is 2. The summed E-state index contributed by atoms with van der Waals surface area (Å²) in [6, 6.07) is 13.3. The smallest absolute Gasteiger partial charge is 0.237 e. The number of halogens is 1. The lowest BCUT2D eigenvalue weighted by Crippen LogP contribution is -2.54. The molecular weight excluding hydrogens is 386 g/mol. The predicted octanol–water partition coefficient (Wildman–Crippen LogP) is 5.41. The van der Waals surface area contributed by atoms with Crippen LogP contribution in [0.25, 0.3) is 0 Å². The third-order valence-electron chi connectivity index (χ3n) is 6.43. The maximum Gasteiger partial charge on any atom is 0.237 e. The Kier molecular flexibility index (Phi) is 3.77. The number of nitrogens with zero attached hydrogens (tertiary/aromatic N) is 3. The van der Waals surface area contributed by atoms with E-state index in [1.807, 2.05) is 0 Å². The van der Waals surface area contributed by atoms with E-state index in [1.165, 1.54) is 54.3 Å². The summed E-state index contributed by atoms with van der Waals surface area (Å²) in [7, 11) is 2.38. The standard InChI is InChI=1S/C22H25BrN3/c1-15-9-12-26(2,13-10-15)22-18-5-3-4-16-8-11-25(21(16)18)20-7-6-17(23)14-19(20)24-22/h3-7,14-15H,8-13H2,1-2H3/q+1. The Morgan fingerprint density at radius 2 is 1.96 bits per heavy atom. The number of piperidine rings is 1. The van der Waals surface area contributed by atoms with Gasteiger partial charge in [0, 0.05) is 11.0 Å². The molecule has 0 aliphatic carbocycles. The zero-order chi connectivity index (χ0) is 17.9. The summed E-state index contributed by atoms with van der Waals surface area (Å²) in [4.78, 5) is 7.79. The molecule has 3 aliphatic heterocycles. The van der Waals surface area contributed by atoms with Crippen LogP contribution in [0, 0.1) is 5.92 Å². The molecule has 0 bridgehead atoms. The minimum absolute atomic E-state index is 0.826. The lowest BCUT2D eigenvalue weighted by atomic mass is 9.95. The van der Waals surface area contributed by atoms with Gasteiger partial charge in [0.05, 0.1) is 42.8 Å². The fraction of sp³-hybridized carbons (Fsp3) is 0.409. The molecule has 0 saturated carbocycles. The van der Waals surface area contributed by atoms with Gasteiger partial charge in [0.15, 0.2) is 0 Å². The second-order valence-electron chi connectivity index (χ2n) is 8.31. The molecule has 0 radical (unpaired) electrons. The summed E-state index contributed by atoms with van der Waals surface area (Å²) < 4.78 is 2.04. The first kappa shape index (κ1) is 16.5. The molecule has 4 heteroatoms. The van der Waals surface area contributed by atoms with Crippen LogP contribution in [0.15, 0.2) is 45.9 Å².